The van der Waals surface area contributed by atoms with Gasteiger partial charge in [0.25, 0.3) is 5.91 Å². The van der Waals surface area contributed by atoms with Crippen molar-refractivity contribution >= 4 is 16.9 Å². The molecule has 0 unspecified atom stereocenters. The molecule has 8 nitrogen and oxygen atoms in total. The molecule has 142 valence electrons. The predicted molar refractivity (Wildman–Crippen MR) is 101 cm³/mol. The number of hydrogen-bond donors (Lipinski definition) is 3. The highest BCUT2D eigenvalue weighted by Crippen LogP contribution is 2.22. The molecule has 1 amide bonds. The van der Waals surface area contributed by atoms with Gasteiger partial charge in [0.05, 0.1) is 36.4 Å². The minimum Gasteiger partial charge on any atom is -0.380 e. The fourth-order valence-electron chi connectivity index (χ4n) is 3.63. The van der Waals surface area contributed by atoms with Crippen LogP contribution >= 0.6 is 0 Å². The lowest BCUT2D eigenvalue weighted by atomic mass is 10.1. The topological polar surface area (TPSA) is 105 Å². The lowest BCUT2D eigenvalue weighted by Gasteiger charge is -2.06. The molecule has 0 saturated carbocycles. The fourth-order valence-corrected chi connectivity index (χ4v) is 3.63. The summed E-state index contributed by atoms with van der Waals surface area (Å²) in [7, 11) is 0. The molecule has 1 aliphatic carbocycles. The number of carbonyl (C=O) groups excluding carboxylic acids is 1. The van der Waals surface area contributed by atoms with Gasteiger partial charge in [-0.2, -0.15) is 5.10 Å². The van der Waals surface area contributed by atoms with Crippen molar-refractivity contribution in [3.63, 3.8) is 0 Å². The number of imidazole rings is 1. The van der Waals surface area contributed by atoms with Crippen LogP contribution in [0.3, 0.4) is 0 Å². The second kappa shape index (κ2) is 7.40. The summed E-state index contributed by atoms with van der Waals surface area (Å²) in [6.07, 6.45) is 3.18. The molecule has 0 saturated heterocycles. The summed E-state index contributed by atoms with van der Waals surface area (Å²) >= 11 is 0. The number of hydrogen-bond acceptors (Lipinski definition) is 4. The highest BCUT2D eigenvalue weighted by atomic mass is 16.5. The fraction of sp³-hybridized carbons (Fsp3) is 0.421. The zero-order valence-corrected chi connectivity index (χ0v) is 15.3. The number of rotatable bonds is 7. The Balaban J connectivity index is 1.48. The van der Waals surface area contributed by atoms with E-state index in [9.17, 15) is 9.59 Å². The molecule has 3 aromatic rings. The SMILES string of the molecule is CCOCCn1c(=O)[nH]c2cc(C(=O)NCc3n[nH]c4c3CCC4)ccc21. The average Bonchev–Trinajstić information content (AvgIpc) is 3.35. The standard InChI is InChI=1S/C19H23N5O3/c1-2-27-9-8-24-17-7-6-12(10-15(17)21-19(24)26)18(25)20-11-16-13-4-3-5-14(13)22-23-16/h6-7,10H,2-5,8-9,11H2,1H3,(H,20,25)(H,21,26)(H,22,23). The number of fused-ring (bicyclic) bond motifs is 2. The Morgan fingerprint density at radius 1 is 1.37 bits per heavy atom. The van der Waals surface area contributed by atoms with E-state index in [0.717, 1.165) is 30.5 Å². The van der Waals surface area contributed by atoms with Gasteiger partial charge in [0.2, 0.25) is 0 Å². The first-order chi connectivity index (χ1) is 13.2. The van der Waals surface area contributed by atoms with Crippen LogP contribution in [-0.4, -0.2) is 38.9 Å². The molecule has 1 aliphatic rings. The van der Waals surface area contributed by atoms with Gasteiger partial charge in [-0.1, -0.05) is 0 Å². The van der Waals surface area contributed by atoms with Crippen LogP contribution in [0.2, 0.25) is 0 Å². The Kier molecular flexibility index (Phi) is 4.81. The lowest BCUT2D eigenvalue weighted by Crippen LogP contribution is -2.23. The monoisotopic (exact) mass is 369 g/mol. The summed E-state index contributed by atoms with van der Waals surface area (Å²) in [4.78, 5) is 27.5. The van der Waals surface area contributed by atoms with Gasteiger partial charge in [0, 0.05) is 17.9 Å². The number of nitrogens with one attached hydrogen (secondary N) is 3. The molecule has 27 heavy (non-hydrogen) atoms. The minimum atomic E-state index is -0.200. The first-order valence-corrected chi connectivity index (χ1v) is 9.31. The van der Waals surface area contributed by atoms with E-state index in [1.165, 1.54) is 11.3 Å². The number of H-pyrrole nitrogens is 2. The van der Waals surface area contributed by atoms with E-state index in [1.54, 1.807) is 22.8 Å². The summed E-state index contributed by atoms with van der Waals surface area (Å²) in [5.41, 5.74) is 5.05. The Hall–Kier alpha value is -2.87. The van der Waals surface area contributed by atoms with Gasteiger partial charge >= 0.3 is 5.69 Å². The predicted octanol–water partition coefficient (Wildman–Crippen LogP) is 1.51. The Morgan fingerprint density at radius 3 is 3.11 bits per heavy atom. The van der Waals surface area contributed by atoms with E-state index in [4.69, 9.17) is 4.74 Å². The summed E-state index contributed by atoms with van der Waals surface area (Å²) in [5.74, 6) is -0.186. The summed E-state index contributed by atoms with van der Waals surface area (Å²) in [6.45, 7) is 3.87. The number of amides is 1. The molecule has 0 radical (unpaired) electrons. The molecule has 0 fully saturated rings. The van der Waals surface area contributed by atoms with Crippen molar-refractivity contribution in [1.29, 1.82) is 0 Å². The van der Waals surface area contributed by atoms with Gasteiger partial charge in [0.1, 0.15) is 0 Å². The van der Waals surface area contributed by atoms with Gasteiger partial charge in [-0.15, -0.1) is 0 Å². The van der Waals surface area contributed by atoms with E-state index >= 15 is 0 Å². The first-order valence-electron chi connectivity index (χ1n) is 9.31. The number of nitrogens with zero attached hydrogens (tertiary/aromatic N) is 2. The lowest BCUT2D eigenvalue weighted by molar-refractivity contribution is 0.0950. The van der Waals surface area contributed by atoms with E-state index in [0.29, 0.717) is 37.4 Å². The van der Waals surface area contributed by atoms with E-state index in [-0.39, 0.29) is 11.6 Å². The third-order valence-electron chi connectivity index (χ3n) is 5.01. The zero-order chi connectivity index (χ0) is 18.8. The molecule has 2 aromatic heterocycles. The molecule has 0 aliphatic heterocycles. The van der Waals surface area contributed by atoms with Gasteiger partial charge in [-0.05, 0) is 49.9 Å². The molecule has 1 aromatic carbocycles. The summed E-state index contributed by atoms with van der Waals surface area (Å²) in [6, 6.07) is 5.23. The van der Waals surface area contributed by atoms with E-state index < -0.39 is 0 Å². The third kappa shape index (κ3) is 3.40. The van der Waals surface area contributed by atoms with Crippen LogP contribution in [0.5, 0.6) is 0 Å². The second-order valence-corrected chi connectivity index (χ2v) is 6.67. The van der Waals surface area contributed by atoms with Crippen LogP contribution in [0.15, 0.2) is 23.0 Å². The van der Waals surface area contributed by atoms with Crippen LogP contribution in [0.25, 0.3) is 11.0 Å². The quantitative estimate of drug-likeness (QED) is 0.549. The molecule has 2 heterocycles. The molecular formula is C19H23N5O3. The Bertz CT molecular complexity index is 1030. The van der Waals surface area contributed by atoms with Crippen molar-refractivity contribution in [3.8, 4) is 0 Å². The van der Waals surface area contributed by atoms with Crippen LogP contribution in [-0.2, 0) is 30.7 Å². The second-order valence-electron chi connectivity index (χ2n) is 6.67. The zero-order valence-electron chi connectivity index (χ0n) is 15.3. The number of aromatic amines is 2. The van der Waals surface area contributed by atoms with Crippen molar-refractivity contribution in [3.05, 3.63) is 51.2 Å². The largest absolute Gasteiger partial charge is 0.380 e. The number of aryl methyl sites for hydroxylation is 1. The summed E-state index contributed by atoms with van der Waals surface area (Å²) < 4.78 is 6.95. The maximum atomic E-state index is 12.5. The van der Waals surface area contributed by atoms with E-state index in [1.807, 2.05) is 6.92 Å². The molecule has 0 atom stereocenters. The molecule has 0 bridgehead atoms. The van der Waals surface area contributed by atoms with Gasteiger partial charge in [-0.3, -0.25) is 14.5 Å². The Labute approximate surface area is 155 Å². The average molecular weight is 369 g/mol. The maximum absolute atomic E-state index is 12.5. The van der Waals surface area contributed by atoms with Crippen LogP contribution < -0.4 is 11.0 Å². The number of ether oxygens (including phenoxy) is 1. The Morgan fingerprint density at radius 2 is 2.26 bits per heavy atom. The third-order valence-corrected chi connectivity index (χ3v) is 5.01. The van der Waals surface area contributed by atoms with Crippen molar-refractivity contribution in [2.45, 2.75) is 39.3 Å². The minimum absolute atomic E-state index is 0.186. The maximum Gasteiger partial charge on any atom is 0.326 e. The normalized spacial score (nSPS) is 13.2. The molecule has 3 N–H and O–H groups in total. The molecule has 4 rings (SSSR count). The number of carbonyl (C=O) groups is 1. The van der Waals surface area contributed by atoms with Crippen molar-refractivity contribution < 1.29 is 9.53 Å². The van der Waals surface area contributed by atoms with E-state index in [2.05, 4.69) is 20.5 Å². The highest BCUT2D eigenvalue weighted by Gasteiger charge is 2.19. The number of aromatic nitrogens is 4. The molecule has 0 spiro atoms. The van der Waals surface area contributed by atoms with Crippen LogP contribution in [0.1, 0.15) is 40.7 Å². The van der Waals surface area contributed by atoms with Gasteiger partial charge < -0.3 is 15.0 Å². The van der Waals surface area contributed by atoms with Crippen molar-refractivity contribution in [1.82, 2.24) is 25.1 Å². The molecule has 8 heteroatoms. The summed E-state index contributed by atoms with van der Waals surface area (Å²) in [5, 5.41) is 10.3. The smallest absolute Gasteiger partial charge is 0.326 e. The van der Waals surface area contributed by atoms with Crippen molar-refractivity contribution in [2.24, 2.45) is 0 Å². The van der Waals surface area contributed by atoms with Crippen molar-refractivity contribution in [2.75, 3.05) is 13.2 Å². The van der Waals surface area contributed by atoms with Crippen LogP contribution in [0, 0.1) is 0 Å². The van der Waals surface area contributed by atoms with Gasteiger partial charge in [-0.25, -0.2) is 4.79 Å². The highest BCUT2D eigenvalue weighted by molar-refractivity contribution is 5.97. The number of benzene rings is 1. The first kappa shape index (κ1) is 17.5. The molecular weight excluding hydrogens is 346 g/mol. The van der Waals surface area contributed by atoms with Gasteiger partial charge in [0.15, 0.2) is 0 Å². The van der Waals surface area contributed by atoms with Crippen LogP contribution in [0.4, 0.5) is 0 Å².